The molecule has 3 fully saturated rings. The lowest BCUT2D eigenvalue weighted by atomic mass is 9.93. The minimum Gasteiger partial charge on any atom is -0.337 e. The molecule has 0 spiro atoms. The quantitative estimate of drug-likeness (QED) is 0.837. The highest BCUT2D eigenvalue weighted by Gasteiger charge is 2.41. The summed E-state index contributed by atoms with van der Waals surface area (Å²) in [6.45, 7) is 6.13. The fraction of sp³-hybridized carbons (Fsp3) is 0.933. The molecule has 3 rings (SSSR count). The van der Waals surface area contributed by atoms with Crippen LogP contribution in [0, 0.1) is 11.8 Å². The fourth-order valence-corrected chi connectivity index (χ4v) is 4.35. The Hall–Kier alpha value is -0.0300. The van der Waals surface area contributed by atoms with Gasteiger partial charge in [0.15, 0.2) is 0 Å². The standard InChI is InChI=1S/C15H27N3O.2ClH/c1-11-9-17-7-3-5-13(17)10-18(11)15(19)14-6-2-4-12(14)8-16;;/h11-14H,2-10,16H2,1H3;2*1H/t11?,12-,13?,14-;;/m1../s1. The first-order valence-electron chi connectivity index (χ1n) is 7.95. The van der Waals surface area contributed by atoms with Gasteiger partial charge in [0.05, 0.1) is 0 Å². The molecule has 0 radical (unpaired) electrons. The van der Waals surface area contributed by atoms with Crippen molar-refractivity contribution in [3.63, 3.8) is 0 Å². The van der Waals surface area contributed by atoms with Crippen molar-refractivity contribution in [2.45, 2.75) is 51.1 Å². The second kappa shape index (κ2) is 8.00. The van der Waals surface area contributed by atoms with Gasteiger partial charge < -0.3 is 10.6 Å². The Morgan fingerprint density at radius 3 is 2.62 bits per heavy atom. The van der Waals surface area contributed by atoms with Crippen LogP contribution < -0.4 is 5.73 Å². The van der Waals surface area contributed by atoms with Gasteiger partial charge in [-0.15, -0.1) is 24.8 Å². The lowest BCUT2D eigenvalue weighted by molar-refractivity contribution is -0.142. The van der Waals surface area contributed by atoms with Gasteiger partial charge in [-0.05, 0) is 51.6 Å². The summed E-state index contributed by atoms with van der Waals surface area (Å²) in [4.78, 5) is 17.6. The summed E-state index contributed by atoms with van der Waals surface area (Å²) >= 11 is 0. The van der Waals surface area contributed by atoms with Gasteiger partial charge in [0.25, 0.3) is 0 Å². The Bertz CT molecular complexity index is 356. The molecule has 0 bridgehead atoms. The predicted octanol–water partition coefficient (Wildman–Crippen LogP) is 1.90. The number of piperazine rings is 1. The van der Waals surface area contributed by atoms with Crippen LogP contribution in [-0.2, 0) is 4.79 Å². The molecule has 2 heterocycles. The minimum atomic E-state index is 0. The van der Waals surface area contributed by atoms with Crippen molar-refractivity contribution in [3.8, 4) is 0 Å². The molecule has 2 N–H and O–H groups in total. The Morgan fingerprint density at radius 2 is 1.90 bits per heavy atom. The Kier molecular flexibility index (Phi) is 7.25. The highest BCUT2D eigenvalue weighted by atomic mass is 35.5. The van der Waals surface area contributed by atoms with E-state index in [0.29, 0.717) is 30.5 Å². The van der Waals surface area contributed by atoms with E-state index in [2.05, 4.69) is 16.7 Å². The van der Waals surface area contributed by atoms with Crippen LogP contribution in [0.2, 0.25) is 0 Å². The first-order valence-corrected chi connectivity index (χ1v) is 7.95. The van der Waals surface area contributed by atoms with Crippen LogP contribution in [0.4, 0.5) is 0 Å². The fourth-order valence-electron chi connectivity index (χ4n) is 4.35. The Morgan fingerprint density at radius 1 is 1.14 bits per heavy atom. The number of carbonyl (C=O) groups is 1. The zero-order valence-electron chi connectivity index (χ0n) is 12.9. The SMILES string of the molecule is CC1CN2CCCC2CN1C(=O)[C@@H]1CCC[C@@H]1CN.Cl.Cl. The molecule has 4 atom stereocenters. The molecule has 1 aliphatic carbocycles. The average molecular weight is 338 g/mol. The molecule has 1 saturated carbocycles. The summed E-state index contributed by atoms with van der Waals surface area (Å²) in [5.74, 6) is 1.04. The van der Waals surface area contributed by atoms with E-state index in [0.717, 1.165) is 25.9 Å². The number of rotatable bonds is 2. The third-order valence-electron chi connectivity index (χ3n) is 5.50. The highest BCUT2D eigenvalue weighted by molar-refractivity contribution is 5.85. The molecule has 3 aliphatic rings. The monoisotopic (exact) mass is 337 g/mol. The smallest absolute Gasteiger partial charge is 0.226 e. The van der Waals surface area contributed by atoms with Crippen LogP contribution in [0.3, 0.4) is 0 Å². The molecule has 21 heavy (non-hydrogen) atoms. The van der Waals surface area contributed by atoms with Gasteiger partial charge >= 0.3 is 0 Å². The van der Waals surface area contributed by atoms with Gasteiger partial charge in [0, 0.05) is 31.1 Å². The summed E-state index contributed by atoms with van der Waals surface area (Å²) in [6.07, 6.45) is 5.94. The number of carbonyl (C=O) groups excluding carboxylic acids is 1. The third-order valence-corrected chi connectivity index (χ3v) is 5.50. The van der Waals surface area contributed by atoms with Gasteiger partial charge in [-0.3, -0.25) is 9.69 Å². The van der Waals surface area contributed by atoms with Crippen molar-refractivity contribution in [2.75, 3.05) is 26.2 Å². The summed E-state index contributed by atoms with van der Waals surface area (Å²) in [6, 6.07) is 0.999. The molecule has 2 saturated heterocycles. The number of halogens is 2. The van der Waals surface area contributed by atoms with E-state index in [9.17, 15) is 4.79 Å². The Balaban J connectivity index is 0.00000110. The first-order chi connectivity index (χ1) is 9.20. The van der Waals surface area contributed by atoms with E-state index in [1.165, 1.54) is 25.8 Å². The molecule has 6 heteroatoms. The lowest BCUT2D eigenvalue weighted by Crippen LogP contribution is -2.58. The maximum absolute atomic E-state index is 12.8. The average Bonchev–Trinajstić information content (AvgIpc) is 3.04. The van der Waals surface area contributed by atoms with Crippen molar-refractivity contribution in [3.05, 3.63) is 0 Å². The summed E-state index contributed by atoms with van der Waals surface area (Å²) in [5.41, 5.74) is 5.83. The molecule has 4 nitrogen and oxygen atoms in total. The summed E-state index contributed by atoms with van der Waals surface area (Å²) < 4.78 is 0. The number of nitrogens with zero attached hydrogens (tertiary/aromatic N) is 2. The van der Waals surface area contributed by atoms with Gasteiger partial charge in [-0.1, -0.05) is 6.42 Å². The van der Waals surface area contributed by atoms with Gasteiger partial charge in [0.1, 0.15) is 0 Å². The zero-order valence-corrected chi connectivity index (χ0v) is 14.5. The van der Waals surface area contributed by atoms with Crippen LogP contribution in [0.25, 0.3) is 0 Å². The largest absolute Gasteiger partial charge is 0.337 e. The minimum absolute atomic E-state index is 0. The number of nitrogens with two attached hydrogens (primary N) is 1. The van der Waals surface area contributed by atoms with Crippen molar-refractivity contribution in [1.82, 2.24) is 9.80 Å². The molecule has 2 aliphatic heterocycles. The van der Waals surface area contributed by atoms with Crippen molar-refractivity contribution >= 4 is 30.7 Å². The van der Waals surface area contributed by atoms with Crippen molar-refractivity contribution < 1.29 is 4.79 Å². The number of hydrogen-bond acceptors (Lipinski definition) is 3. The van der Waals surface area contributed by atoms with Crippen LogP contribution >= 0.6 is 24.8 Å². The van der Waals surface area contributed by atoms with Crippen LogP contribution in [0.5, 0.6) is 0 Å². The van der Waals surface area contributed by atoms with E-state index < -0.39 is 0 Å². The number of hydrogen-bond donors (Lipinski definition) is 1. The second-order valence-electron chi connectivity index (χ2n) is 6.66. The van der Waals surface area contributed by atoms with Gasteiger partial charge in [-0.2, -0.15) is 0 Å². The first kappa shape index (κ1) is 19.0. The molecule has 124 valence electrons. The van der Waals surface area contributed by atoms with E-state index in [4.69, 9.17) is 5.73 Å². The molecular weight excluding hydrogens is 309 g/mol. The maximum Gasteiger partial charge on any atom is 0.226 e. The van der Waals surface area contributed by atoms with Crippen LogP contribution in [0.15, 0.2) is 0 Å². The lowest BCUT2D eigenvalue weighted by Gasteiger charge is -2.43. The van der Waals surface area contributed by atoms with Crippen LogP contribution in [-0.4, -0.2) is 54.0 Å². The Labute approximate surface area is 140 Å². The molecular formula is C15H29Cl2N3O. The molecule has 2 unspecified atom stereocenters. The number of fused-ring (bicyclic) bond motifs is 1. The van der Waals surface area contributed by atoms with Crippen molar-refractivity contribution in [2.24, 2.45) is 17.6 Å². The normalized spacial score (nSPS) is 35.8. The molecule has 0 aromatic carbocycles. The van der Waals surface area contributed by atoms with Crippen molar-refractivity contribution in [1.29, 1.82) is 0 Å². The molecule has 0 aromatic rings. The van der Waals surface area contributed by atoms with E-state index >= 15 is 0 Å². The number of amides is 1. The van der Waals surface area contributed by atoms with Gasteiger partial charge in [-0.25, -0.2) is 0 Å². The summed E-state index contributed by atoms with van der Waals surface area (Å²) in [5, 5.41) is 0. The maximum atomic E-state index is 12.8. The topological polar surface area (TPSA) is 49.6 Å². The highest BCUT2D eigenvalue weighted by Crippen LogP contribution is 2.34. The zero-order chi connectivity index (χ0) is 13.4. The van der Waals surface area contributed by atoms with E-state index in [-0.39, 0.29) is 30.7 Å². The van der Waals surface area contributed by atoms with E-state index in [1.807, 2.05) is 0 Å². The second-order valence-corrected chi connectivity index (χ2v) is 6.66. The molecule has 1 amide bonds. The van der Waals surface area contributed by atoms with Crippen LogP contribution in [0.1, 0.15) is 39.0 Å². The third kappa shape index (κ3) is 3.66. The van der Waals surface area contributed by atoms with E-state index in [1.54, 1.807) is 0 Å². The van der Waals surface area contributed by atoms with Gasteiger partial charge in [0.2, 0.25) is 5.91 Å². The predicted molar refractivity (Wildman–Crippen MR) is 90.2 cm³/mol. The molecule has 0 aromatic heterocycles. The summed E-state index contributed by atoms with van der Waals surface area (Å²) in [7, 11) is 0.